The molecule has 2 atom stereocenters. The maximum absolute atomic E-state index is 12.1. The van der Waals surface area contributed by atoms with Gasteiger partial charge in [-0.05, 0) is 20.8 Å². The van der Waals surface area contributed by atoms with Gasteiger partial charge in [-0.25, -0.2) is 0 Å². The number of carbonyl (C=O) groups is 1. The first kappa shape index (κ1) is 26.4. The molecule has 0 N–H and O–H groups in total. The van der Waals surface area contributed by atoms with E-state index >= 15 is 0 Å². The standard InChI is InChI=1S/C25H40I2NO2/c1-6-14-28(15-12-24(29)30-25(3,4)5)18-21(26)17-20-10-11-22(19(2)16-20)23-9-7-8-13-27-23/h10-11,16,21,23H,6-9,12-15,17-18H2,1-5H3/q-1/t21?,23-/m0/s1. The number of rotatable bonds is 10. The van der Waals surface area contributed by atoms with Gasteiger partial charge in [-0.1, -0.05) is 0 Å². The number of ether oxygens (including phenoxy) is 1. The molecule has 0 spiro atoms. The number of hydrogen-bond donors (Lipinski definition) is 0. The first-order valence-electron chi connectivity index (χ1n) is 11.4. The molecule has 1 aromatic carbocycles. The van der Waals surface area contributed by atoms with E-state index in [-0.39, 0.29) is 5.97 Å². The summed E-state index contributed by atoms with van der Waals surface area (Å²) >= 11 is 2.93. The van der Waals surface area contributed by atoms with Crippen LogP contribution in [0, 0.1) is 6.92 Å². The van der Waals surface area contributed by atoms with E-state index in [1.54, 1.807) is 5.56 Å². The van der Waals surface area contributed by atoms with Gasteiger partial charge in [0.15, 0.2) is 0 Å². The van der Waals surface area contributed by atoms with Crippen LogP contribution in [-0.2, 0) is 16.0 Å². The first-order chi connectivity index (χ1) is 14.2. The number of aryl methyl sites for hydroxylation is 1. The van der Waals surface area contributed by atoms with Gasteiger partial charge in [-0.15, -0.1) is 0 Å². The zero-order valence-corrected chi connectivity index (χ0v) is 23.8. The Balaban J connectivity index is 1.87. The fraction of sp³-hybridized carbons (Fsp3) is 0.720. The van der Waals surface area contributed by atoms with Crippen LogP contribution in [-0.4, -0.2) is 44.5 Å². The summed E-state index contributed by atoms with van der Waals surface area (Å²) in [5, 5.41) is 0. The summed E-state index contributed by atoms with van der Waals surface area (Å²) in [5.41, 5.74) is 4.18. The average molecular weight is 640 g/mol. The molecule has 3 nitrogen and oxygen atoms in total. The van der Waals surface area contributed by atoms with Gasteiger partial charge in [-0.2, -0.15) is 0 Å². The second-order valence-electron chi connectivity index (χ2n) is 9.44. The molecule has 1 aliphatic rings. The number of esters is 1. The van der Waals surface area contributed by atoms with Crippen molar-refractivity contribution in [1.82, 2.24) is 4.90 Å². The van der Waals surface area contributed by atoms with Gasteiger partial charge in [0.05, 0.1) is 0 Å². The van der Waals surface area contributed by atoms with Crippen molar-refractivity contribution >= 4 is 28.6 Å². The second kappa shape index (κ2) is 13.0. The van der Waals surface area contributed by atoms with E-state index in [4.69, 9.17) is 4.74 Å². The molecule has 0 aliphatic carbocycles. The Morgan fingerprint density at radius 1 is 1.30 bits per heavy atom. The van der Waals surface area contributed by atoms with Crippen molar-refractivity contribution in [1.29, 1.82) is 0 Å². The molecule has 1 aliphatic heterocycles. The van der Waals surface area contributed by atoms with Crippen LogP contribution in [0.25, 0.3) is 0 Å². The SMILES string of the molecule is CCCN(CCC(=O)OC(C)(C)C)CC(I)Cc1ccc([C@@H]2CCCC[I-]2)c(C)c1. The Labute approximate surface area is 208 Å². The van der Waals surface area contributed by atoms with Gasteiger partial charge < -0.3 is 4.74 Å². The van der Waals surface area contributed by atoms with Crippen molar-refractivity contribution in [2.45, 2.75) is 86.6 Å². The first-order valence-corrected chi connectivity index (χ1v) is 15.4. The van der Waals surface area contributed by atoms with Crippen molar-refractivity contribution < 1.29 is 30.7 Å². The van der Waals surface area contributed by atoms with Crippen LogP contribution in [0.15, 0.2) is 18.2 Å². The molecule has 0 bridgehead atoms. The maximum atomic E-state index is 12.1. The molecule has 2 rings (SSSR count). The van der Waals surface area contributed by atoms with Gasteiger partial charge >= 0.3 is 174 Å². The van der Waals surface area contributed by atoms with Crippen molar-refractivity contribution in [3.05, 3.63) is 34.9 Å². The van der Waals surface area contributed by atoms with Crippen LogP contribution < -0.4 is 21.2 Å². The van der Waals surface area contributed by atoms with Crippen molar-refractivity contribution in [2.24, 2.45) is 0 Å². The normalized spacial score (nSPS) is 18.7. The van der Waals surface area contributed by atoms with Crippen LogP contribution in [0.1, 0.15) is 80.4 Å². The van der Waals surface area contributed by atoms with Crippen LogP contribution in [0.3, 0.4) is 0 Å². The quantitative estimate of drug-likeness (QED) is 0.224. The zero-order chi connectivity index (χ0) is 22.1. The molecule has 0 saturated carbocycles. The molecule has 1 heterocycles. The zero-order valence-electron chi connectivity index (χ0n) is 19.5. The molecule has 30 heavy (non-hydrogen) atoms. The molecule has 0 radical (unpaired) electrons. The summed E-state index contributed by atoms with van der Waals surface area (Å²) in [5.74, 6) is -0.0923. The third-order valence-electron chi connectivity index (χ3n) is 5.31. The summed E-state index contributed by atoms with van der Waals surface area (Å²) < 4.78 is 8.40. The molecular weight excluding hydrogens is 600 g/mol. The number of carbonyl (C=O) groups excluding carboxylic acids is 1. The van der Waals surface area contributed by atoms with E-state index in [1.165, 1.54) is 34.8 Å². The van der Waals surface area contributed by atoms with E-state index in [0.29, 0.717) is 31.6 Å². The molecule has 1 unspecified atom stereocenters. The third kappa shape index (κ3) is 9.72. The monoisotopic (exact) mass is 640 g/mol. The average Bonchev–Trinajstić information content (AvgIpc) is 2.66. The number of halogens is 2. The molecular formula is C25H40I2NO2-. The van der Waals surface area contributed by atoms with Gasteiger partial charge in [0.1, 0.15) is 5.60 Å². The second-order valence-corrected chi connectivity index (χ2v) is 14.7. The van der Waals surface area contributed by atoms with Crippen molar-refractivity contribution in [2.75, 3.05) is 24.1 Å². The summed E-state index contributed by atoms with van der Waals surface area (Å²) in [6, 6.07) is 7.23. The third-order valence-corrected chi connectivity index (χ3v) is 9.89. The predicted molar refractivity (Wildman–Crippen MR) is 131 cm³/mol. The predicted octanol–water partition coefficient (Wildman–Crippen LogP) is 3.10. The van der Waals surface area contributed by atoms with E-state index < -0.39 is 5.60 Å². The number of hydrogen-bond acceptors (Lipinski definition) is 3. The molecule has 0 aromatic heterocycles. The van der Waals surface area contributed by atoms with Gasteiger partial charge in [0.2, 0.25) is 0 Å². The van der Waals surface area contributed by atoms with Crippen molar-refractivity contribution in [3.8, 4) is 0 Å². The number of benzene rings is 1. The van der Waals surface area contributed by atoms with Gasteiger partial charge in [0.25, 0.3) is 0 Å². The summed E-state index contributed by atoms with van der Waals surface area (Å²) in [6.07, 6.45) is 6.95. The Morgan fingerprint density at radius 2 is 2.07 bits per heavy atom. The van der Waals surface area contributed by atoms with Crippen LogP contribution >= 0.6 is 22.6 Å². The topological polar surface area (TPSA) is 29.5 Å². The van der Waals surface area contributed by atoms with Crippen LogP contribution in [0.4, 0.5) is 0 Å². The molecule has 1 fully saturated rings. The van der Waals surface area contributed by atoms with E-state index in [1.807, 2.05) is 20.8 Å². The van der Waals surface area contributed by atoms with E-state index in [2.05, 4.69) is 59.5 Å². The fourth-order valence-corrected chi connectivity index (χ4v) is 8.86. The van der Waals surface area contributed by atoms with Crippen LogP contribution in [0.5, 0.6) is 0 Å². The van der Waals surface area contributed by atoms with Crippen LogP contribution in [0.2, 0.25) is 0 Å². The van der Waals surface area contributed by atoms with Crippen molar-refractivity contribution in [3.63, 3.8) is 0 Å². The van der Waals surface area contributed by atoms with E-state index in [9.17, 15) is 4.79 Å². The molecule has 0 amide bonds. The summed E-state index contributed by atoms with van der Waals surface area (Å²) in [7, 11) is 0. The van der Waals surface area contributed by atoms with Gasteiger partial charge in [0, 0.05) is 0 Å². The molecule has 5 heteroatoms. The Morgan fingerprint density at radius 3 is 2.67 bits per heavy atom. The Kier molecular flexibility index (Phi) is 11.4. The minimum absolute atomic E-state index is 0.0923. The number of alkyl halides is 3. The summed E-state index contributed by atoms with van der Waals surface area (Å²) in [6.45, 7) is 13.1. The summed E-state index contributed by atoms with van der Waals surface area (Å²) in [4.78, 5) is 14.5. The Hall–Kier alpha value is 0.110. The molecule has 172 valence electrons. The fourth-order valence-electron chi connectivity index (χ4n) is 4.01. The minimum atomic E-state index is -0.401. The van der Waals surface area contributed by atoms with E-state index in [0.717, 1.165) is 36.4 Å². The Bertz CT molecular complexity index is 666. The number of nitrogens with zero attached hydrogens (tertiary/aromatic N) is 1. The van der Waals surface area contributed by atoms with Gasteiger partial charge in [-0.3, -0.25) is 4.79 Å². The molecule has 1 aromatic rings. The molecule has 1 saturated heterocycles.